The summed E-state index contributed by atoms with van der Waals surface area (Å²) < 4.78 is 4.74. The summed E-state index contributed by atoms with van der Waals surface area (Å²) in [6.45, 7) is 18.9. The van der Waals surface area contributed by atoms with Crippen LogP contribution in [0.1, 0.15) is 92.5 Å². The van der Waals surface area contributed by atoms with Gasteiger partial charge in [-0.05, 0) is 0 Å². The van der Waals surface area contributed by atoms with Gasteiger partial charge in [0.05, 0.1) is 0 Å². The van der Waals surface area contributed by atoms with Crippen molar-refractivity contribution in [2.45, 2.75) is 79.1 Å². The topological polar surface area (TPSA) is 0 Å². The van der Waals surface area contributed by atoms with Crippen molar-refractivity contribution in [3.05, 3.63) is 167 Å². The molecule has 54 heavy (non-hydrogen) atoms. The molecule has 0 bridgehead atoms. The summed E-state index contributed by atoms with van der Waals surface area (Å²) in [5.74, 6) is 0. The van der Waals surface area contributed by atoms with Gasteiger partial charge in [-0.2, -0.15) is 0 Å². The third-order valence-electron chi connectivity index (χ3n) is 11.3. The Balaban J connectivity index is 0.00000249. The Kier molecular flexibility index (Phi) is 11.6. The summed E-state index contributed by atoms with van der Waals surface area (Å²) in [6.07, 6.45) is 9.08. The van der Waals surface area contributed by atoms with Crippen LogP contribution in [0.2, 0.25) is 10.0 Å². The molecule has 0 saturated heterocycles. The van der Waals surface area contributed by atoms with E-state index in [9.17, 15) is 0 Å². The molecule has 6 aromatic rings. The van der Waals surface area contributed by atoms with E-state index in [-0.39, 0.29) is 35.6 Å². The maximum Gasteiger partial charge on any atom is -0.147 e. The zero-order valence-electron chi connectivity index (χ0n) is 32.4. The van der Waals surface area contributed by atoms with Crippen LogP contribution in [0, 0.1) is 13.8 Å². The predicted molar refractivity (Wildman–Crippen MR) is 239 cm³/mol. The quantitative estimate of drug-likeness (QED) is 0.165. The molecule has 0 atom stereocenters. The molecule has 0 nitrogen and oxygen atoms in total. The van der Waals surface area contributed by atoms with E-state index in [1.165, 1.54) is 64.0 Å². The first-order valence-corrected chi connectivity index (χ1v) is 23.0. The third kappa shape index (κ3) is 6.97. The summed E-state index contributed by atoms with van der Waals surface area (Å²) in [5.41, 5.74) is 14.3. The first-order valence-electron chi connectivity index (χ1n) is 18.5. The van der Waals surface area contributed by atoms with E-state index in [0.717, 1.165) is 33.7 Å². The summed E-state index contributed by atoms with van der Waals surface area (Å²) in [5, 5.41) is 6.20. The number of benzene rings is 6. The van der Waals surface area contributed by atoms with Crippen LogP contribution >= 0.6 is 48.0 Å². The first kappa shape index (κ1) is 40.9. The van der Waals surface area contributed by atoms with Crippen molar-refractivity contribution in [3.63, 3.8) is 0 Å². The number of rotatable bonds is 4. The second-order valence-electron chi connectivity index (χ2n) is 16.8. The van der Waals surface area contributed by atoms with E-state index in [1.54, 1.807) is 12.1 Å². The fourth-order valence-electron chi connectivity index (χ4n) is 9.01. The number of allylic oxidation sites excluding steroid dienone is 4. The maximum absolute atomic E-state index is 6.97. The van der Waals surface area contributed by atoms with Crippen molar-refractivity contribution in [3.8, 4) is 11.1 Å². The Morgan fingerprint density at radius 1 is 0.630 bits per heavy atom. The third-order valence-corrected chi connectivity index (χ3v) is 19.9. The molecule has 0 radical (unpaired) electrons. The molecule has 0 amide bonds. The molecule has 0 N–H and O–H groups in total. The van der Waals surface area contributed by atoms with Gasteiger partial charge in [0.15, 0.2) is 0 Å². The molecular formula is C49H48Cl4Zr. The number of halogens is 4. The van der Waals surface area contributed by atoms with E-state index in [2.05, 4.69) is 152 Å². The molecule has 0 fully saturated rings. The molecule has 0 spiro atoms. The van der Waals surface area contributed by atoms with Crippen molar-refractivity contribution >= 4 is 76.0 Å². The van der Waals surface area contributed by atoms with Gasteiger partial charge in [0.25, 0.3) is 0 Å². The molecule has 276 valence electrons. The molecule has 6 aromatic carbocycles. The number of hydrogen-bond donors (Lipinski definition) is 0. The molecule has 0 aromatic heterocycles. The Bertz CT molecular complexity index is 2490. The Morgan fingerprint density at radius 3 is 1.67 bits per heavy atom. The van der Waals surface area contributed by atoms with Crippen molar-refractivity contribution in [1.82, 2.24) is 0 Å². The number of fused-ring (bicyclic) bond motifs is 5. The van der Waals surface area contributed by atoms with Crippen molar-refractivity contribution < 1.29 is 21.3 Å². The summed E-state index contributed by atoms with van der Waals surface area (Å²) >= 11 is 10.8. The molecule has 2 aliphatic carbocycles. The van der Waals surface area contributed by atoms with Crippen LogP contribution in [0.25, 0.3) is 32.7 Å². The average Bonchev–Trinajstić information content (AvgIpc) is 3.74. The van der Waals surface area contributed by atoms with Crippen molar-refractivity contribution in [1.29, 1.82) is 0 Å². The fraction of sp³-hybridized carbons (Fsp3) is 0.245. The number of hydrogen-bond acceptors (Lipinski definition) is 0. The van der Waals surface area contributed by atoms with Gasteiger partial charge in [-0.1, -0.05) is 0 Å². The van der Waals surface area contributed by atoms with Crippen LogP contribution in [-0.4, -0.2) is 3.21 Å². The molecule has 5 heteroatoms. The zero-order valence-corrected chi connectivity index (χ0v) is 38.0. The molecule has 8 rings (SSSR count). The molecular weight excluding hydrogens is 822 g/mol. The van der Waals surface area contributed by atoms with Crippen LogP contribution in [0.5, 0.6) is 0 Å². The zero-order chi connectivity index (χ0) is 36.7. The van der Waals surface area contributed by atoms with Crippen molar-refractivity contribution in [2.75, 3.05) is 0 Å². The largest absolute Gasteiger partial charge is 0.147 e. The second kappa shape index (κ2) is 15.3. The fourth-order valence-corrected chi connectivity index (χ4v) is 18.1. The smallest absolute Gasteiger partial charge is 0.147 e. The van der Waals surface area contributed by atoms with Gasteiger partial charge in [-0.25, -0.2) is 0 Å². The molecule has 0 unspecified atom stereocenters. The Morgan fingerprint density at radius 2 is 1.15 bits per heavy atom. The van der Waals surface area contributed by atoms with Crippen LogP contribution in [0.15, 0.2) is 113 Å². The van der Waals surface area contributed by atoms with Gasteiger partial charge in [0.1, 0.15) is 0 Å². The van der Waals surface area contributed by atoms with Crippen LogP contribution in [0.4, 0.5) is 0 Å². The second-order valence-corrected chi connectivity index (χ2v) is 23.5. The van der Waals surface area contributed by atoms with Crippen molar-refractivity contribution in [2.24, 2.45) is 0 Å². The Hall–Kier alpha value is -2.77. The van der Waals surface area contributed by atoms with E-state index in [4.69, 9.17) is 23.2 Å². The van der Waals surface area contributed by atoms with Crippen LogP contribution in [-0.2, 0) is 38.5 Å². The van der Waals surface area contributed by atoms with E-state index >= 15 is 0 Å². The Labute approximate surface area is 351 Å². The molecule has 2 aliphatic rings. The number of aryl methyl sites for hydroxylation is 1. The molecule has 0 saturated carbocycles. The molecule has 0 aliphatic heterocycles. The average molecular weight is 870 g/mol. The first-order chi connectivity index (χ1) is 24.7. The van der Waals surface area contributed by atoms with Gasteiger partial charge < -0.3 is 0 Å². The van der Waals surface area contributed by atoms with Gasteiger partial charge in [-0.15, -0.1) is 24.8 Å². The standard InChI is InChI=1S/C23H29.C21H12Cl2.C5H5.2ClH.Zr/c1-14-9-16-11-17-10-15(2)21(23(6,7)8)13-19(17)18(16)12-20(14)22(3,4)5;22-20-11-3-7-16-14(5-1-9-18(16)20)13-15-6-2-10-19-17(15)8-4-12-21(19)23;1-2-4-5-3-1;;;/h9,12-13H,11H2,1-8H3;1-12H;1-3H,4H2;2*1H;. The summed E-state index contributed by atoms with van der Waals surface area (Å²) in [4.78, 5) is 0. The molecule has 0 heterocycles. The van der Waals surface area contributed by atoms with E-state index in [1.807, 2.05) is 12.1 Å². The van der Waals surface area contributed by atoms with Crippen LogP contribution in [0.3, 0.4) is 0 Å². The van der Waals surface area contributed by atoms with Gasteiger partial charge in [0, 0.05) is 0 Å². The minimum atomic E-state index is -3.11. The van der Waals surface area contributed by atoms with Gasteiger partial charge >= 0.3 is 330 Å². The summed E-state index contributed by atoms with van der Waals surface area (Å²) in [6, 6.07) is 33.9. The van der Waals surface area contributed by atoms with Crippen LogP contribution < -0.4 is 3.27 Å². The maximum atomic E-state index is 6.97. The SMILES string of the molecule is Cc1cc2c(cc1C(C)(C)C)-c1cc(C(C)(C)C)c(C)[c]([Zr]([C]3=CC=CC3)=[C](c3cccc4c(Cl)cccc34)c3cccc4c(Cl)cccc34)c1C2.Cl.Cl. The predicted octanol–water partition coefficient (Wildman–Crippen LogP) is 14.3. The monoisotopic (exact) mass is 866 g/mol. The van der Waals surface area contributed by atoms with E-state index in [0.29, 0.717) is 0 Å². The minimum absolute atomic E-state index is 0. The summed E-state index contributed by atoms with van der Waals surface area (Å²) in [7, 11) is 0. The van der Waals surface area contributed by atoms with Gasteiger partial charge in [0.2, 0.25) is 0 Å². The normalized spacial score (nSPS) is 13.3. The minimum Gasteiger partial charge on any atom is -0.147 e. The van der Waals surface area contributed by atoms with Gasteiger partial charge in [-0.3, -0.25) is 0 Å². The van der Waals surface area contributed by atoms with E-state index < -0.39 is 21.3 Å².